The molecule has 20 heavy (non-hydrogen) atoms. The number of carbonyl (C=O) groups excluding carboxylic acids is 1. The Morgan fingerprint density at radius 1 is 1.20 bits per heavy atom. The van der Waals surface area contributed by atoms with Crippen LogP contribution in [0.5, 0.6) is 0 Å². The molecule has 0 saturated carbocycles. The van der Waals surface area contributed by atoms with Crippen molar-refractivity contribution < 1.29 is 9.72 Å². The minimum Gasteiger partial charge on any atom is -0.356 e. The lowest BCUT2D eigenvalue weighted by Gasteiger charge is -2.05. The number of benzene rings is 1. The van der Waals surface area contributed by atoms with E-state index in [1.165, 1.54) is 12.1 Å². The molecular weight excluding hydrogens is 258 g/mol. The van der Waals surface area contributed by atoms with E-state index in [1.54, 1.807) is 12.1 Å². The predicted molar refractivity (Wildman–Crippen MR) is 77.3 cm³/mol. The molecule has 6 nitrogen and oxygen atoms in total. The van der Waals surface area contributed by atoms with Crippen molar-refractivity contribution >= 4 is 11.6 Å². The zero-order valence-electron chi connectivity index (χ0n) is 11.5. The van der Waals surface area contributed by atoms with Gasteiger partial charge in [0.15, 0.2) is 0 Å². The van der Waals surface area contributed by atoms with Crippen molar-refractivity contribution in [1.82, 2.24) is 5.32 Å². The summed E-state index contributed by atoms with van der Waals surface area (Å²) in [6, 6.07) is 6.38. The van der Waals surface area contributed by atoms with Crippen LogP contribution in [0.3, 0.4) is 0 Å². The predicted octanol–water partition coefficient (Wildman–Crippen LogP) is 1.77. The van der Waals surface area contributed by atoms with Gasteiger partial charge < -0.3 is 11.1 Å². The lowest BCUT2D eigenvalue weighted by atomic mass is 10.1. The smallest absolute Gasteiger partial charge is 0.269 e. The van der Waals surface area contributed by atoms with Crippen LogP contribution in [0.1, 0.15) is 31.2 Å². The number of nitrogens with zero attached hydrogens (tertiary/aromatic N) is 1. The summed E-state index contributed by atoms with van der Waals surface area (Å²) in [7, 11) is 0. The number of nitrogens with two attached hydrogens (primary N) is 1. The first-order valence-corrected chi connectivity index (χ1v) is 6.83. The highest BCUT2D eigenvalue weighted by atomic mass is 16.6. The lowest BCUT2D eigenvalue weighted by molar-refractivity contribution is -0.384. The maximum atomic E-state index is 11.5. The fourth-order valence-corrected chi connectivity index (χ4v) is 1.83. The molecule has 110 valence electrons. The molecule has 1 aromatic rings. The Morgan fingerprint density at radius 3 is 2.50 bits per heavy atom. The molecule has 0 aliphatic carbocycles. The Hall–Kier alpha value is -1.95. The molecule has 0 fully saturated rings. The Kier molecular flexibility index (Phi) is 7.27. The molecule has 1 rings (SSSR count). The van der Waals surface area contributed by atoms with Gasteiger partial charge in [-0.3, -0.25) is 14.9 Å². The molecule has 3 N–H and O–H groups in total. The molecular formula is C14H21N3O3. The summed E-state index contributed by atoms with van der Waals surface area (Å²) in [5, 5.41) is 13.3. The zero-order valence-corrected chi connectivity index (χ0v) is 11.5. The Labute approximate surface area is 118 Å². The summed E-state index contributed by atoms with van der Waals surface area (Å²) in [4.78, 5) is 21.6. The molecule has 0 aliphatic rings. The summed E-state index contributed by atoms with van der Waals surface area (Å²) in [5.41, 5.74) is 6.43. The summed E-state index contributed by atoms with van der Waals surface area (Å²) in [6.07, 6.45) is 4.00. The second-order valence-electron chi connectivity index (χ2n) is 4.62. The summed E-state index contributed by atoms with van der Waals surface area (Å²) >= 11 is 0. The summed E-state index contributed by atoms with van der Waals surface area (Å²) in [6.45, 7) is 1.22. The van der Waals surface area contributed by atoms with Crippen LogP contribution in [0.2, 0.25) is 0 Å². The van der Waals surface area contributed by atoms with Gasteiger partial charge >= 0.3 is 0 Å². The molecule has 0 saturated heterocycles. The second-order valence-corrected chi connectivity index (χ2v) is 4.62. The van der Waals surface area contributed by atoms with Gasteiger partial charge in [0.2, 0.25) is 5.91 Å². The zero-order chi connectivity index (χ0) is 14.8. The highest BCUT2D eigenvalue weighted by molar-refractivity contribution is 5.75. The lowest BCUT2D eigenvalue weighted by Crippen LogP contribution is -2.25. The van der Waals surface area contributed by atoms with Crippen molar-refractivity contribution in [3.63, 3.8) is 0 Å². The van der Waals surface area contributed by atoms with E-state index in [0.29, 0.717) is 25.9 Å². The maximum Gasteiger partial charge on any atom is 0.269 e. The number of amides is 1. The van der Waals surface area contributed by atoms with Crippen LogP contribution in [0.15, 0.2) is 24.3 Å². The van der Waals surface area contributed by atoms with E-state index in [4.69, 9.17) is 5.73 Å². The fourth-order valence-electron chi connectivity index (χ4n) is 1.83. The standard InChI is InChI=1S/C14H21N3O3/c15-10-3-1-2-4-14(18)16-11-9-12-5-7-13(8-6-12)17(19)20/h5-8H,1-4,9-11,15H2,(H,16,18). The number of carbonyl (C=O) groups is 1. The Balaban J connectivity index is 2.20. The highest BCUT2D eigenvalue weighted by Crippen LogP contribution is 2.11. The van der Waals surface area contributed by atoms with E-state index < -0.39 is 4.92 Å². The summed E-state index contributed by atoms with van der Waals surface area (Å²) in [5.74, 6) is 0.0453. The van der Waals surface area contributed by atoms with Crippen LogP contribution in [0.25, 0.3) is 0 Å². The summed E-state index contributed by atoms with van der Waals surface area (Å²) < 4.78 is 0. The van der Waals surface area contributed by atoms with Crippen LogP contribution >= 0.6 is 0 Å². The fraction of sp³-hybridized carbons (Fsp3) is 0.500. The first kappa shape index (κ1) is 16.1. The van der Waals surface area contributed by atoms with Gasteiger partial charge in [0.1, 0.15) is 0 Å². The molecule has 0 radical (unpaired) electrons. The third-order valence-corrected chi connectivity index (χ3v) is 2.99. The largest absolute Gasteiger partial charge is 0.356 e. The van der Waals surface area contributed by atoms with E-state index in [0.717, 1.165) is 24.8 Å². The molecule has 1 amide bonds. The van der Waals surface area contributed by atoms with E-state index in [9.17, 15) is 14.9 Å². The molecule has 0 spiro atoms. The molecule has 0 heterocycles. The number of non-ortho nitro benzene ring substituents is 1. The third-order valence-electron chi connectivity index (χ3n) is 2.99. The van der Waals surface area contributed by atoms with Gasteiger partial charge in [-0.2, -0.15) is 0 Å². The molecule has 0 aliphatic heterocycles. The van der Waals surface area contributed by atoms with Gasteiger partial charge in [-0.05, 0) is 31.4 Å². The van der Waals surface area contributed by atoms with Crippen molar-refractivity contribution in [1.29, 1.82) is 0 Å². The van der Waals surface area contributed by atoms with Crippen molar-refractivity contribution in [3.05, 3.63) is 39.9 Å². The molecule has 1 aromatic carbocycles. The van der Waals surface area contributed by atoms with Crippen LogP contribution in [0, 0.1) is 10.1 Å². The SMILES string of the molecule is NCCCCCC(=O)NCCc1ccc([N+](=O)[O-])cc1. The number of hydrogen-bond donors (Lipinski definition) is 2. The average Bonchev–Trinajstić information content (AvgIpc) is 2.44. The second kappa shape index (κ2) is 9.03. The van der Waals surface area contributed by atoms with Gasteiger partial charge in [0.25, 0.3) is 5.69 Å². The normalized spacial score (nSPS) is 10.2. The van der Waals surface area contributed by atoms with Crippen molar-refractivity contribution in [2.75, 3.05) is 13.1 Å². The molecule has 0 bridgehead atoms. The third kappa shape index (κ3) is 6.29. The topological polar surface area (TPSA) is 98.3 Å². The molecule has 0 aromatic heterocycles. The minimum atomic E-state index is -0.424. The number of nitrogens with one attached hydrogen (secondary N) is 1. The average molecular weight is 279 g/mol. The monoisotopic (exact) mass is 279 g/mol. The molecule has 0 atom stereocenters. The highest BCUT2D eigenvalue weighted by Gasteiger charge is 2.04. The quantitative estimate of drug-likeness (QED) is 0.409. The van der Waals surface area contributed by atoms with Gasteiger partial charge in [-0.15, -0.1) is 0 Å². The van der Waals surface area contributed by atoms with Crippen molar-refractivity contribution in [2.24, 2.45) is 5.73 Å². The van der Waals surface area contributed by atoms with Crippen LogP contribution < -0.4 is 11.1 Å². The van der Waals surface area contributed by atoms with Gasteiger partial charge in [-0.25, -0.2) is 0 Å². The van der Waals surface area contributed by atoms with E-state index in [-0.39, 0.29) is 11.6 Å². The van der Waals surface area contributed by atoms with Gasteiger partial charge in [-0.1, -0.05) is 18.6 Å². The maximum absolute atomic E-state index is 11.5. The Bertz CT molecular complexity index is 432. The number of unbranched alkanes of at least 4 members (excludes halogenated alkanes) is 2. The van der Waals surface area contributed by atoms with Gasteiger partial charge in [0, 0.05) is 25.1 Å². The first-order valence-electron chi connectivity index (χ1n) is 6.83. The van der Waals surface area contributed by atoms with Crippen LogP contribution in [-0.4, -0.2) is 23.9 Å². The Morgan fingerprint density at radius 2 is 1.90 bits per heavy atom. The first-order chi connectivity index (χ1) is 9.63. The van der Waals surface area contributed by atoms with E-state index in [2.05, 4.69) is 5.32 Å². The van der Waals surface area contributed by atoms with Crippen LogP contribution in [0.4, 0.5) is 5.69 Å². The number of rotatable bonds is 9. The van der Waals surface area contributed by atoms with Gasteiger partial charge in [0.05, 0.1) is 4.92 Å². The number of nitro groups is 1. The number of nitro benzene ring substituents is 1. The van der Waals surface area contributed by atoms with Crippen LogP contribution in [-0.2, 0) is 11.2 Å². The molecule has 6 heteroatoms. The van der Waals surface area contributed by atoms with Crippen molar-refractivity contribution in [2.45, 2.75) is 32.1 Å². The van der Waals surface area contributed by atoms with Crippen molar-refractivity contribution in [3.8, 4) is 0 Å². The minimum absolute atomic E-state index is 0.0453. The number of hydrogen-bond acceptors (Lipinski definition) is 4. The van der Waals surface area contributed by atoms with E-state index in [1.807, 2.05) is 0 Å². The van der Waals surface area contributed by atoms with E-state index >= 15 is 0 Å². The molecule has 0 unspecified atom stereocenters.